The zero-order chi connectivity index (χ0) is 9.97. The van der Waals surface area contributed by atoms with Crippen LogP contribution in [0, 0.1) is 6.92 Å². The monoisotopic (exact) mass is 209 g/mol. The molecule has 0 unspecified atom stereocenters. The number of aromatic nitrogens is 4. The van der Waals surface area contributed by atoms with Gasteiger partial charge >= 0.3 is 0 Å². The van der Waals surface area contributed by atoms with Gasteiger partial charge in [0, 0.05) is 0 Å². The van der Waals surface area contributed by atoms with Crippen LogP contribution in [0.1, 0.15) is 15.5 Å². The van der Waals surface area contributed by atoms with Crippen LogP contribution in [-0.2, 0) is 0 Å². The molecule has 0 atom stereocenters. The third kappa shape index (κ3) is 1.77. The fourth-order valence-corrected chi connectivity index (χ4v) is 1.40. The van der Waals surface area contributed by atoms with Crippen molar-refractivity contribution in [1.29, 1.82) is 0 Å². The highest BCUT2D eigenvalue weighted by molar-refractivity contribution is 7.11. The topological polar surface area (TPSA) is 83.6 Å². The van der Waals surface area contributed by atoms with E-state index in [0.29, 0.717) is 10.7 Å². The van der Waals surface area contributed by atoms with Gasteiger partial charge < -0.3 is 0 Å². The third-order valence-electron chi connectivity index (χ3n) is 1.48. The highest BCUT2D eigenvalue weighted by atomic mass is 32.1. The van der Waals surface area contributed by atoms with Gasteiger partial charge in [0.2, 0.25) is 5.95 Å². The van der Waals surface area contributed by atoms with E-state index in [1.807, 2.05) is 0 Å². The van der Waals surface area contributed by atoms with E-state index in [9.17, 15) is 4.79 Å². The average Bonchev–Trinajstić information content (AvgIpc) is 2.75. The zero-order valence-electron chi connectivity index (χ0n) is 7.31. The molecule has 0 saturated heterocycles. The maximum Gasteiger partial charge on any atom is 0.269 e. The summed E-state index contributed by atoms with van der Waals surface area (Å²) in [6.07, 6.45) is 1.50. The van der Waals surface area contributed by atoms with Gasteiger partial charge in [-0.25, -0.2) is 0 Å². The molecule has 0 aliphatic rings. The van der Waals surface area contributed by atoms with Crippen molar-refractivity contribution in [2.45, 2.75) is 6.92 Å². The average molecular weight is 209 g/mol. The standard InChI is InChI=1S/C7H7N5OS/c1-4-9-7(12-11-4)10-6(13)5-2-8-3-14-5/h2-3H,1H3,(H2,9,10,11,12,13). The summed E-state index contributed by atoms with van der Waals surface area (Å²) in [6.45, 7) is 1.76. The van der Waals surface area contributed by atoms with Crippen LogP contribution in [0.5, 0.6) is 0 Å². The molecule has 0 saturated carbocycles. The number of anilines is 1. The molecule has 14 heavy (non-hydrogen) atoms. The Morgan fingerprint density at radius 1 is 1.64 bits per heavy atom. The number of nitrogens with zero attached hydrogens (tertiary/aromatic N) is 3. The van der Waals surface area contributed by atoms with Crippen LogP contribution in [0.15, 0.2) is 11.7 Å². The number of carbonyl (C=O) groups excluding carboxylic acids is 1. The molecule has 0 spiro atoms. The molecule has 6 nitrogen and oxygen atoms in total. The van der Waals surface area contributed by atoms with Crippen LogP contribution in [0.3, 0.4) is 0 Å². The molecule has 1 amide bonds. The molecule has 72 valence electrons. The number of aryl methyl sites for hydroxylation is 1. The van der Waals surface area contributed by atoms with Crippen molar-refractivity contribution in [2.24, 2.45) is 0 Å². The molecule has 2 aromatic heterocycles. The molecular weight excluding hydrogens is 202 g/mol. The largest absolute Gasteiger partial charge is 0.288 e. The summed E-state index contributed by atoms with van der Waals surface area (Å²) in [7, 11) is 0. The summed E-state index contributed by atoms with van der Waals surface area (Å²) < 4.78 is 0. The molecule has 0 bridgehead atoms. The number of rotatable bonds is 2. The minimum atomic E-state index is -0.244. The van der Waals surface area contributed by atoms with E-state index in [-0.39, 0.29) is 11.9 Å². The summed E-state index contributed by atoms with van der Waals surface area (Å²) in [5, 5.41) is 8.96. The second kappa shape index (κ2) is 3.54. The van der Waals surface area contributed by atoms with Crippen LogP contribution >= 0.6 is 11.3 Å². The molecule has 2 heterocycles. The minimum absolute atomic E-state index is 0.244. The smallest absolute Gasteiger partial charge is 0.269 e. The van der Waals surface area contributed by atoms with Crippen LogP contribution in [0.25, 0.3) is 0 Å². The second-order valence-electron chi connectivity index (χ2n) is 2.56. The van der Waals surface area contributed by atoms with Crippen molar-refractivity contribution in [1.82, 2.24) is 20.2 Å². The van der Waals surface area contributed by atoms with Gasteiger partial charge in [-0.2, -0.15) is 4.98 Å². The van der Waals surface area contributed by atoms with E-state index in [2.05, 4.69) is 25.5 Å². The summed E-state index contributed by atoms with van der Waals surface area (Å²) in [6, 6.07) is 0. The first-order chi connectivity index (χ1) is 6.75. The zero-order valence-corrected chi connectivity index (χ0v) is 8.13. The number of H-pyrrole nitrogens is 1. The van der Waals surface area contributed by atoms with E-state index < -0.39 is 0 Å². The maximum absolute atomic E-state index is 11.4. The van der Waals surface area contributed by atoms with Crippen molar-refractivity contribution in [3.63, 3.8) is 0 Å². The molecule has 2 rings (SSSR count). The minimum Gasteiger partial charge on any atom is -0.288 e. The fraction of sp³-hybridized carbons (Fsp3) is 0.143. The molecule has 0 aromatic carbocycles. The van der Waals surface area contributed by atoms with Gasteiger partial charge in [-0.15, -0.1) is 16.4 Å². The number of amides is 1. The molecule has 2 aromatic rings. The number of nitrogens with one attached hydrogen (secondary N) is 2. The van der Waals surface area contributed by atoms with E-state index in [0.717, 1.165) is 0 Å². The first kappa shape index (κ1) is 8.82. The second-order valence-corrected chi connectivity index (χ2v) is 3.45. The van der Waals surface area contributed by atoms with E-state index in [4.69, 9.17) is 0 Å². The molecule has 2 N–H and O–H groups in total. The number of hydrogen-bond acceptors (Lipinski definition) is 5. The number of thiazole rings is 1. The third-order valence-corrected chi connectivity index (χ3v) is 2.25. The van der Waals surface area contributed by atoms with E-state index >= 15 is 0 Å². The van der Waals surface area contributed by atoms with Gasteiger partial charge in [-0.1, -0.05) is 0 Å². The Bertz CT molecular complexity index is 435. The summed E-state index contributed by atoms with van der Waals surface area (Å²) in [4.78, 5) is 19.7. The van der Waals surface area contributed by atoms with Crippen LogP contribution in [-0.4, -0.2) is 26.1 Å². The molecule has 7 heteroatoms. The molecule has 0 fully saturated rings. The molecule has 0 aliphatic heterocycles. The van der Waals surface area contributed by atoms with Crippen LogP contribution in [0.2, 0.25) is 0 Å². The lowest BCUT2D eigenvalue weighted by atomic mass is 10.5. The van der Waals surface area contributed by atoms with Crippen molar-refractivity contribution >= 4 is 23.2 Å². The Balaban J connectivity index is 2.09. The quantitative estimate of drug-likeness (QED) is 0.767. The Morgan fingerprint density at radius 3 is 3.07 bits per heavy atom. The van der Waals surface area contributed by atoms with Crippen molar-refractivity contribution in [3.05, 3.63) is 22.4 Å². The maximum atomic E-state index is 11.4. The Labute approximate surface area is 83.4 Å². The van der Waals surface area contributed by atoms with E-state index in [1.165, 1.54) is 17.5 Å². The summed E-state index contributed by atoms with van der Waals surface area (Å²) in [5.74, 6) is 0.692. The Morgan fingerprint density at radius 2 is 2.50 bits per heavy atom. The van der Waals surface area contributed by atoms with Crippen molar-refractivity contribution in [2.75, 3.05) is 5.32 Å². The Hall–Kier alpha value is -1.76. The highest BCUT2D eigenvalue weighted by Gasteiger charge is 2.09. The number of aromatic amines is 1. The first-order valence-electron chi connectivity index (χ1n) is 3.84. The lowest BCUT2D eigenvalue weighted by Gasteiger charge is -1.94. The normalized spacial score (nSPS) is 10.1. The fourth-order valence-electron chi connectivity index (χ4n) is 0.890. The van der Waals surface area contributed by atoms with Crippen molar-refractivity contribution in [3.8, 4) is 0 Å². The van der Waals surface area contributed by atoms with Gasteiger partial charge in [0.05, 0.1) is 11.7 Å². The Kier molecular flexibility index (Phi) is 2.23. The first-order valence-corrected chi connectivity index (χ1v) is 4.72. The highest BCUT2D eigenvalue weighted by Crippen LogP contribution is 2.07. The lowest BCUT2D eigenvalue weighted by molar-refractivity contribution is 0.102. The predicted molar refractivity (Wildman–Crippen MR) is 51.2 cm³/mol. The number of carbonyl (C=O) groups is 1. The van der Waals surface area contributed by atoms with E-state index in [1.54, 1.807) is 12.4 Å². The SMILES string of the molecule is Cc1nc(NC(=O)c2cncs2)n[nH]1. The van der Waals surface area contributed by atoms with Gasteiger partial charge in [-0.3, -0.25) is 20.2 Å². The summed E-state index contributed by atoms with van der Waals surface area (Å²) >= 11 is 1.27. The molecule has 0 radical (unpaired) electrons. The van der Waals surface area contributed by atoms with Crippen LogP contribution in [0.4, 0.5) is 5.95 Å². The van der Waals surface area contributed by atoms with Crippen LogP contribution < -0.4 is 5.32 Å². The van der Waals surface area contributed by atoms with Gasteiger partial charge in [0.15, 0.2) is 0 Å². The van der Waals surface area contributed by atoms with Gasteiger partial charge in [0.1, 0.15) is 10.7 Å². The van der Waals surface area contributed by atoms with Gasteiger partial charge in [-0.05, 0) is 6.92 Å². The van der Waals surface area contributed by atoms with Gasteiger partial charge in [0.25, 0.3) is 5.91 Å². The molecule has 0 aliphatic carbocycles. The number of hydrogen-bond donors (Lipinski definition) is 2. The molecular formula is C7H7N5OS. The predicted octanol–water partition coefficient (Wildman–Crippen LogP) is 0.822. The summed E-state index contributed by atoms with van der Waals surface area (Å²) in [5.41, 5.74) is 1.60. The lowest BCUT2D eigenvalue weighted by Crippen LogP contribution is -2.11. The van der Waals surface area contributed by atoms with Crippen molar-refractivity contribution < 1.29 is 4.79 Å².